The smallest absolute Gasteiger partial charge is 0.240 e. The van der Waals surface area contributed by atoms with E-state index in [2.05, 4.69) is 11.4 Å². The molecule has 0 bridgehead atoms. The van der Waals surface area contributed by atoms with Gasteiger partial charge in [-0.15, -0.1) is 11.8 Å². The molecule has 2 heterocycles. The van der Waals surface area contributed by atoms with Crippen LogP contribution in [0.2, 0.25) is 5.02 Å². The van der Waals surface area contributed by atoms with Gasteiger partial charge in [-0.05, 0) is 63.1 Å². The summed E-state index contributed by atoms with van der Waals surface area (Å²) >= 11 is 8.28. The van der Waals surface area contributed by atoms with E-state index in [4.69, 9.17) is 26.2 Å². The Balaban J connectivity index is 1.92. The second-order valence-electron chi connectivity index (χ2n) is 10.7. The zero-order valence-corrected chi connectivity index (χ0v) is 26.7. The average molecular weight is 619 g/mol. The van der Waals surface area contributed by atoms with Crippen molar-refractivity contribution in [2.45, 2.75) is 39.0 Å². The Bertz CT molecular complexity index is 1660. The summed E-state index contributed by atoms with van der Waals surface area (Å²) in [5, 5.41) is 8.33. The molecule has 43 heavy (non-hydrogen) atoms. The Hall–Kier alpha value is -3.95. The number of carbonyl (C=O) groups excluding carboxylic acids is 2. The maximum atomic E-state index is 14.0. The third kappa shape index (κ3) is 5.96. The van der Waals surface area contributed by atoms with Gasteiger partial charge < -0.3 is 14.8 Å². The van der Waals surface area contributed by atoms with Gasteiger partial charge in [-0.1, -0.05) is 53.6 Å². The molecule has 1 aliphatic heterocycles. The minimum atomic E-state index is -0.394. The number of benzene rings is 3. The third-order valence-corrected chi connectivity index (χ3v) is 8.85. The summed E-state index contributed by atoms with van der Waals surface area (Å²) in [7, 11) is 3.20. The second kappa shape index (κ2) is 12.7. The van der Waals surface area contributed by atoms with Crippen molar-refractivity contribution in [3.63, 3.8) is 0 Å². The average Bonchev–Trinajstić information content (AvgIpc) is 3.28. The van der Waals surface area contributed by atoms with Crippen molar-refractivity contribution in [1.82, 2.24) is 15.1 Å². The summed E-state index contributed by atoms with van der Waals surface area (Å²) in [6.07, 6.45) is 0. The number of carbonyl (C=O) groups is 2. The van der Waals surface area contributed by atoms with Gasteiger partial charge in [-0.3, -0.25) is 14.5 Å². The van der Waals surface area contributed by atoms with Crippen LogP contribution in [0.1, 0.15) is 41.4 Å². The summed E-state index contributed by atoms with van der Waals surface area (Å²) in [4.78, 5) is 28.8. The molecule has 1 atom stereocenters. The lowest BCUT2D eigenvalue weighted by atomic mass is 9.98. The maximum absolute atomic E-state index is 14.0. The minimum Gasteiger partial charge on any atom is -0.496 e. The van der Waals surface area contributed by atoms with E-state index in [0.717, 1.165) is 27.9 Å². The molecule has 2 amide bonds. The molecule has 1 unspecified atom stereocenters. The molecule has 4 aromatic rings. The number of nitrogens with zero attached hydrogens (tertiary/aromatic N) is 3. The van der Waals surface area contributed by atoms with E-state index in [1.807, 2.05) is 82.3 Å². The van der Waals surface area contributed by atoms with Crippen LogP contribution in [-0.4, -0.2) is 54.2 Å². The molecule has 0 saturated heterocycles. The molecule has 8 nitrogen and oxygen atoms in total. The monoisotopic (exact) mass is 618 g/mol. The van der Waals surface area contributed by atoms with Crippen LogP contribution < -0.4 is 19.7 Å². The van der Waals surface area contributed by atoms with Gasteiger partial charge >= 0.3 is 0 Å². The summed E-state index contributed by atoms with van der Waals surface area (Å²) in [6, 6.07) is 19.2. The quantitative estimate of drug-likeness (QED) is 0.242. The number of anilines is 1. The first kappa shape index (κ1) is 30.5. The molecule has 0 spiro atoms. The van der Waals surface area contributed by atoms with Crippen molar-refractivity contribution < 1.29 is 19.1 Å². The van der Waals surface area contributed by atoms with Crippen LogP contribution in [0.4, 0.5) is 5.82 Å². The molecular formula is C33H35ClN4O4S. The van der Waals surface area contributed by atoms with Crippen LogP contribution in [0, 0.1) is 13.8 Å². The Labute approximate surface area is 261 Å². The van der Waals surface area contributed by atoms with E-state index in [0.29, 0.717) is 33.6 Å². The second-order valence-corrected chi connectivity index (χ2v) is 12.2. The van der Waals surface area contributed by atoms with Crippen LogP contribution in [-0.2, 0) is 9.59 Å². The van der Waals surface area contributed by atoms with Crippen molar-refractivity contribution in [3.05, 3.63) is 87.9 Å². The molecule has 0 radical (unpaired) electrons. The fraction of sp³-hybridized carbons (Fsp3) is 0.303. The van der Waals surface area contributed by atoms with E-state index in [9.17, 15) is 9.59 Å². The fourth-order valence-electron chi connectivity index (χ4n) is 5.44. The molecule has 0 fully saturated rings. The molecule has 1 N–H and O–H groups in total. The normalized spacial score (nSPS) is 14.8. The van der Waals surface area contributed by atoms with E-state index in [-0.39, 0.29) is 30.2 Å². The Morgan fingerprint density at radius 1 is 1.07 bits per heavy atom. The number of thioether (sulfide) groups is 1. The molecule has 224 valence electrons. The number of hydrogen-bond donors (Lipinski definition) is 1. The van der Waals surface area contributed by atoms with Gasteiger partial charge in [0.05, 0.1) is 36.5 Å². The maximum Gasteiger partial charge on any atom is 0.240 e. The zero-order valence-electron chi connectivity index (χ0n) is 25.1. The van der Waals surface area contributed by atoms with Gasteiger partial charge in [-0.2, -0.15) is 5.10 Å². The van der Waals surface area contributed by atoms with Crippen molar-refractivity contribution in [1.29, 1.82) is 0 Å². The first-order valence-corrected chi connectivity index (χ1v) is 15.4. The van der Waals surface area contributed by atoms with Crippen molar-refractivity contribution in [3.8, 4) is 28.4 Å². The number of fused-ring (bicyclic) bond motifs is 1. The van der Waals surface area contributed by atoms with Crippen molar-refractivity contribution in [2.24, 2.45) is 0 Å². The number of aryl methyl sites for hydroxylation is 2. The zero-order chi connectivity index (χ0) is 30.8. The van der Waals surface area contributed by atoms with E-state index in [1.54, 1.807) is 23.8 Å². The van der Waals surface area contributed by atoms with E-state index in [1.165, 1.54) is 11.8 Å². The van der Waals surface area contributed by atoms with Crippen LogP contribution in [0.5, 0.6) is 11.5 Å². The molecule has 1 aromatic heterocycles. The van der Waals surface area contributed by atoms with Crippen molar-refractivity contribution >= 4 is 41.0 Å². The predicted molar refractivity (Wildman–Crippen MR) is 173 cm³/mol. The number of aromatic nitrogens is 2. The Morgan fingerprint density at radius 2 is 1.77 bits per heavy atom. The van der Waals surface area contributed by atoms with Crippen molar-refractivity contribution in [2.75, 3.05) is 31.4 Å². The molecule has 1 aliphatic rings. The summed E-state index contributed by atoms with van der Waals surface area (Å²) < 4.78 is 13.4. The minimum absolute atomic E-state index is 0.0862. The number of nitrogens with one attached hydrogen (secondary N) is 1. The predicted octanol–water partition coefficient (Wildman–Crippen LogP) is 6.52. The van der Waals surface area contributed by atoms with Gasteiger partial charge in [0.2, 0.25) is 11.8 Å². The standard InChI is InChI=1S/C33H35ClN4O4S/c1-19(2)35-27(39)17-37-28(40)18-43-32(22-10-7-8-11-23(22)34)30-31(29-25(41-5)12-9-13-26(29)42-6)36-38(33(30)37)24-15-14-20(3)16-21(24)4/h7-16,19,32H,17-18H2,1-6H3,(H,35,39). The van der Waals surface area contributed by atoms with Gasteiger partial charge in [0.15, 0.2) is 0 Å². The summed E-state index contributed by atoms with van der Waals surface area (Å²) in [5.74, 6) is 1.30. The van der Waals surface area contributed by atoms with E-state index < -0.39 is 5.25 Å². The lowest BCUT2D eigenvalue weighted by molar-refractivity contribution is -0.123. The molecule has 5 rings (SSSR count). The van der Waals surface area contributed by atoms with Crippen LogP contribution in [0.3, 0.4) is 0 Å². The Morgan fingerprint density at radius 3 is 2.40 bits per heavy atom. The highest BCUT2D eigenvalue weighted by Gasteiger charge is 2.39. The van der Waals surface area contributed by atoms with Gasteiger partial charge in [0, 0.05) is 16.6 Å². The molecule has 0 aliphatic carbocycles. The molecular weight excluding hydrogens is 584 g/mol. The summed E-state index contributed by atoms with van der Waals surface area (Å²) in [6.45, 7) is 7.65. The van der Waals surface area contributed by atoms with Crippen LogP contribution >= 0.6 is 23.4 Å². The van der Waals surface area contributed by atoms with Crippen LogP contribution in [0.15, 0.2) is 60.7 Å². The largest absolute Gasteiger partial charge is 0.496 e. The SMILES string of the molecule is COc1cccc(OC)c1-c1nn(-c2ccc(C)cc2C)c2c1C(c1ccccc1Cl)SCC(=O)N2CC(=O)NC(C)C. The van der Waals surface area contributed by atoms with Gasteiger partial charge in [0.1, 0.15) is 29.6 Å². The fourth-order valence-corrected chi connectivity index (χ4v) is 6.99. The third-order valence-electron chi connectivity index (χ3n) is 7.27. The molecule has 10 heteroatoms. The van der Waals surface area contributed by atoms with Crippen LogP contribution in [0.25, 0.3) is 16.9 Å². The number of rotatable bonds is 8. The number of hydrogen-bond acceptors (Lipinski definition) is 6. The number of amides is 2. The number of methoxy groups -OCH3 is 2. The highest BCUT2D eigenvalue weighted by atomic mass is 35.5. The summed E-state index contributed by atoms with van der Waals surface area (Å²) in [5.41, 5.74) is 5.65. The van der Waals surface area contributed by atoms with Gasteiger partial charge in [-0.25, -0.2) is 4.68 Å². The molecule has 3 aromatic carbocycles. The lowest BCUT2D eigenvalue weighted by Crippen LogP contribution is -2.44. The first-order valence-electron chi connectivity index (χ1n) is 14.0. The lowest BCUT2D eigenvalue weighted by Gasteiger charge is -2.24. The highest BCUT2D eigenvalue weighted by molar-refractivity contribution is 8.00. The number of ether oxygens (including phenoxy) is 2. The Kier molecular flexibility index (Phi) is 9.03. The topological polar surface area (TPSA) is 85.7 Å². The van der Waals surface area contributed by atoms with Gasteiger partial charge in [0.25, 0.3) is 0 Å². The van der Waals surface area contributed by atoms with E-state index >= 15 is 0 Å². The number of halogens is 1. The molecule has 0 saturated carbocycles. The highest BCUT2D eigenvalue weighted by Crippen LogP contribution is 2.52. The first-order chi connectivity index (χ1) is 20.6.